The van der Waals surface area contributed by atoms with Gasteiger partial charge >= 0.3 is 5.97 Å². The Hall–Kier alpha value is -2.28. The van der Waals surface area contributed by atoms with Crippen LogP contribution in [0.1, 0.15) is 18.5 Å². The molecule has 1 heterocycles. The number of carbonyl (C=O) groups is 1. The maximum atomic E-state index is 12.1. The summed E-state index contributed by atoms with van der Waals surface area (Å²) in [6.45, 7) is 1.78. The third-order valence-corrected chi connectivity index (χ3v) is 3.64. The van der Waals surface area contributed by atoms with Gasteiger partial charge in [0, 0.05) is 11.3 Å². The van der Waals surface area contributed by atoms with Crippen LogP contribution in [-0.2, 0) is 9.53 Å². The fourth-order valence-corrected chi connectivity index (χ4v) is 2.64. The van der Waals surface area contributed by atoms with Crippen molar-refractivity contribution in [2.24, 2.45) is 0 Å². The summed E-state index contributed by atoms with van der Waals surface area (Å²) in [5, 5.41) is 6.45. The molecule has 1 aromatic carbocycles. The molecule has 0 saturated carbocycles. The normalized spacial score (nSPS) is 17.5. The van der Waals surface area contributed by atoms with E-state index in [1.807, 2.05) is 0 Å². The summed E-state index contributed by atoms with van der Waals surface area (Å²) >= 11 is 5.20. The minimum Gasteiger partial charge on any atom is -0.497 e. The number of carbonyl (C=O) groups excluding carboxylic acids is 1. The van der Waals surface area contributed by atoms with E-state index in [0.717, 1.165) is 5.56 Å². The van der Waals surface area contributed by atoms with Gasteiger partial charge in [0.1, 0.15) is 11.5 Å². The van der Waals surface area contributed by atoms with Crippen LogP contribution in [0.5, 0.6) is 11.5 Å². The quantitative estimate of drug-likeness (QED) is 0.645. The molecule has 2 rings (SSSR count). The van der Waals surface area contributed by atoms with Crippen LogP contribution in [0, 0.1) is 0 Å². The molecule has 1 aromatic rings. The molecular weight excluding hydrogens is 304 g/mol. The number of ether oxygens (including phenoxy) is 3. The fraction of sp³-hybridized carbons (Fsp3) is 0.333. The van der Waals surface area contributed by atoms with Gasteiger partial charge in [-0.1, -0.05) is 0 Å². The molecule has 7 heteroatoms. The second kappa shape index (κ2) is 6.65. The molecule has 0 fully saturated rings. The molecule has 0 radical (unpaired) electrons. The number of nitrogens with one attached hydrogen (secondary N) is 2. The van der Waals surface area contributed by atoms with Crippen molar-refractivity contribution < 1.29 is 19.0 Å². The topological polar surface area (TPSA) is 68.8 Å². The fourth-order valence-electron chi connectivity index (χ4n) is 2.37. The predicted molar refractivity (Wildman–Crippen MR) is 85.9 cm³/mol. The molecule has 0 spiro atoms. The van der Waals surface area contributed by atoms with Gasteiger partial charge in [-0.15, -0.1) is 0 Å². The second-order valence-electron chi connectivity index (χ2n) is 4.67. The molecule has 0 unspecified atom stereocenters. The molecule has 0 aliphatic carbocycles. The minimum atomic E-state index is -0.480. The second-order valence-corrected chi connectivity index (χ2v) is 5.08. The maximum Gasteiger partial charge on any atom is 0.337 e. The molecule has 2 N–H and O–H groups in total. The van der Waals surface area contributed by atoms with Crippen LogP contribution < -0.4 is 20.1 Å². The average Bonchev–Trinajstić information content (AvgIpc) is 2.52. The SMILES string of the molecule is COC(=O)C1=C(C)NC(=S)N[C@H]1c1cc(OC)ccc1OC. The van der Waals surface area contributed by atoms with E-state index in [2.05, 4.69) is 10.6 Å². The van der Waals surface area contributed by atoms with E-state index in [-0.39, 0.29) is 0 Å². The first-order valence-corrected chi connectivity index (χ1v) is 7.01. The van der Waals surface area contributed by atoms with E-state index in [4.69, 9.17) is 26.4 Å². The number of thiocarbonyl (C=S) groups is 1. The zero-order chi connectivity index (χ0) is 16.3. The Bertz CT molecular complexity index is 642. The molecule has 22 heavy (non-hydrogen) atoms. The van der Waals surface area contributed by atoms with Crippen LogP contribution in [0.3, 0.4) is 0 Å². The van der Waals surface area contributed by atoms with E-state index in [1.54, 1.807) is 39.3 Å². The number of allylic oxidation sites excluding steroid dienone is 1. The minimum absolute atomic E-state index is 0.431. The molecule has 118 valence electrons. The van der Waals surface area contributed by atoms with Gasteiger partial charge in [0.2, 0.25) is 0 Å². The van der Waals surface area contributed by atoms with E-state index in [0.29, 0.717) is 27.9 Å². The Kier molecular flexibility index (Phi) is 4.87. The van der Waals surface area contributed by atoms with Gasteiger partial charge < -0.3 is 24.8 Å². The number of hydrogen-bond donors (Lipinski definition) is 2. The van der Waals surface area contributed by atoms with Crippen LogP contribution >= 0.6 is 12.2 Å². The summed E-state index contributed by atoms with van der Waals surface area (Å²) in [4.78, 5) is 12.1. The van der Waals surface area contributed by atoms with Crippen LogP contribution in [0.25, 0.3) is 0 Å². The number of esters is 1. The Labute approximate surface area is 134 Å². The van der Waals surface area contributed by atoms with Crippen molar-refractivity contribution in [3.8, 4) is 11.5 Å². The molecule has 6 nitrogen and oxygen atoms in total. The molecule has 0 aromatic heterocycles. The van der Waals surface area contributed by atoms with Gasteiger partial charge in [0.15, 0.2) is 5.11 Å². The van der Waals surface area contributed by atoms with Crippen LogP contribution in [-0.4, -0.2) is 32.4 Å². The molecule has 0 saturated heterocycles. The Morgan fingerprint density at radius 2 is 1.95 bits per heavy atom. The summed E-state index contributed by atoms with van der Waals surface area (Å²) in [5.41, 5.74) is 1.83. The monoisotopic (exact) mass is 322 g/mol. The van der Waals surface area contributed by atoms with Crippen molar-refractivity contribution in [2.75, 3.05) is 21.3 Å². The highest BCUT2D eigenvalue weighted by Crippen LogP contribution is 2.35. The summed E-state index contributed by atoms with van der Waals surface area (Å²) in [7, 11) is 4.49. The molecule has 0 bridgehead atoms. The van der Waals surface area contributed by atoms with E-state index in [1.165, 1.54) is 7.11 Å². The Morgan fingerprint density at radius 1 is 1.23 bits per heavy atom. The lowest BCUT2D eigenvalue weighted by Gasteiger charge is -2.30. The first kappa shape index (κ1) is 16.1. The van der Waals surface area contributed by atoms with Crippen molar-refractivity contribution in [1.82, 2.24) is 10.6 Å². The van der Waals surface area contributed by atoms with Crippen molar-refractivity contribution in [1.29, 1.82) is 0 Å². The third-order valence-electron chi connectivity index (χ3n) is 3.42. The highest BCUT2D eigenvalue weighted by molar-refractivity contribution is 7.80. The van der Waals surface area contributed by atoms with Crippen LogP contribution in [0.15, 0.2) is 29.5 Å². The summed E-state index contributed by atoms with van der Waals surface area (Å²) in [5.74, 6) is 0.844. The maximum absolute atomic E-state index is 12.1. The van der Waals surface area contributed by atoms with Crippen molar-refractivity contribution in [3.63, 3.8) is 0 Å². The first-order valence-electron chi connectivity index (χ1n) is 6.60. The molecule has 0 amide bonds. The number of benzene rings is 1. The highest BCUT2D eigenvalue weighted by Gasteiger charge is 2.32. The summed E-state index contributed by atoms with van der Waals surface area (Å²) in [6, 6.07) is 4.90. The lowest BCUT2D eigenvalue weighted by molar-refractivity contribution is -0.136. The molecule has 1 aliphatic rings. The largest absolute Gasteiger partial charge is 0.497 e. The lowest BCUT2D eigenvalue weighted by Crippen LogP contribution is -2.45. The molecule has 1 atom stereocenters. The van der Waals surface area contributed by atoms with E-state index < -0.39 is 12.0 Å². The van der Waals surface area contributed by atoms with Gasteiger partial charge in [0.05, 0.1) is 32.9 Å². The number of methoxy groups -OCH3 is 3. The lowest BCUT2D eigenvalue weighted by atomic mass is 9.94. The summed E-state index contributed by atoms with van der Waals surface area (Å²) in [6.07, 6.45) is 0. The van der Waals surface area contributed by atoms with Crippen molar-refractivity contribution in [3.05, 3.63) is 35.0 Å². The highest BCUT2D eigenvalue weighted by atomic mass is 32.1. The van der Waals surface area contributed by atoms with Gasteiger partial charge in [-0.3, -0.25) is 0 Å². The van der Waals surface area contributed by atoms with Crippen molar-refractivity contribution in [2.45, 2.75) is 13.0 Å². The van der Waals surface area contributed by atoms with Crippen LogP contribution in [0.4, 0.5) is 0 Å². The Morgan fingerprint density at radius 3 is 2.55 bits per heavy atom. The smallest absolute Gasteiger partial charge is 0.337 e. The van der Waals surface area contributed by atoms with Gasteiger partial charge in [-0.2, -0.15) is 0 Å². The van der Waals surface area contributed by atoms with Crippen molar-refractivity contribution >= 4 is 23.3 Å². The third kappa shape index (κ3) is 2.99. The van der Waals surface area contributed by atoms with Gasteiger partial charge in [-0.25, -0.2) is 4.79 Å². The van der Waals surface area contributed by atoms with Gasteiger partial charge in [0.25, 0.3) is 0 Å². The zero-order valence-corrected chi connectivity index (χ0v) is 13.7. The summed E-state index contributed by atoms with van der Waals surface area (Å²) < 4.78 is 15.5. The number of rotatable bonds is 4. The molecular formula is C15H18N2O4S. The zero-order valence-electron chi connectivity index (χ0n) is 12.9. The van der Waals surface area contributed by atoms with E-state index in [9.17, 15) is 4.79 Å². The average molecular weight is 322 g/mol. The standard InChI is InChI=1S/C15H18N2O4S/c1-8-12(14(18)21-4)13(17-15(22)16-8)10-7-9(19-2)5-6-11(10)20-3/h5-7,13H,1-4H3,(H2,16,17,22)/t13-/m0/s1. The first-order chi connectivity index (χ1) is 10.5. The van der Waals surface area contributed by atoms with Gasteiger partial charge in [-0.05, 0) is 37.3 Å². The van der Waals surface area contributed by atoms with E-state index >= 15 is 0 Å². The predicted octanol–water partition coefficient (Wildman–Crippen LogP) is 1.67. The number of hydrogen-bond acceptors (Lipinski definition) is 5. The van der Waals surface area contributed by atoms with Crippen LogP contribution in [0.2, 0.25) is 0 Å². The molecule has 1 aliphatic heterocycles. The Balaban J connectivity index is 2.59.